The number of piperidine rings is 1. The molecule has 306 valence electrons. The van der Waals surface area contributed by atoms with Crippen LogP contribution in [0.5, 0.6) is 0 Å². The number of nitrogens with zero attached hydrogens (tertiary/aromatic N) is 4. The molecule has 4 heterocycles. The van der Waals surface area contributed by atoms with Gasteiger partial charge in [0.1, 0.15) is 6.04 Å². The first-order valence-electron chi connectivity index (χ1n) is 19.3. The third-order valence-corrected chi connectivity index (χ3v) is 10.4. The molecule has 1 atom stereocenters. The molecule has 18 nitrogen and oxygen atoms in total. The second-order valence-corrected chi connectivity index (χ2v) is 14.2. The number of amides is 5. The van der Waals surface area contributed by atoms with Gasteiger partial charge in [-0.25, -0.2) is 5.84 Å². The van der Waals surface area contributed by atoms with Gasteiger partial charge in [-0.05, 0) is 49.6 Å². The molecule has 5 amide bonds. The third-order valence-electron chi connectivity index (χ3n) is 10.4. The van der Waals surface area contributed by atoms with Crippen molar-refractivity contribution in [1.29, 1.82) is 0 Å². The summed E-state index contributed by atoms with van der Waals surface area (Å²) in [6, 6.07) is 9.82. The van der Waals surface area contributed by atoms with Gasteiger partial charge in [0.25, 0.3) is 11.8 Å². The number of carbonyl (C=O) groups excluding carboxylic acids is 6. The number of anilines is 3. The molecular weight excluding hydrogens is 738 g/mol. The Morgan fingerprint density at radius 3 is 2.44 bits per heavy atom. The average Bonchev–Trinajstić information content (AvgIpc) is 3.47. The Kier molecular flexibility index (Phi) is 14.1. The van der Waals surface area contributed by atoms with E-state index in [0.717, 1.165) is 35.4 Å². The van der Waals surface area contributed by atoms with Crippen LogP contribution in [-0.4, -0.2) is 142 Å². The van der Waals surface area contributed by atoms with Crippen molar-refractivity contribution in [3.8, 4) is 0 Å². The van der Waals surface area contributed by atoms with Gasteiger partial charge in [-0.15, -0.1) is 0 Å². The quantitative estimate of drug-likeness (QED) is 0.0459. The molecule has 0 aromatic heterocycles. The topological polar surface area (TPSA) is 231 Å². The standard InChI is InChI=1S/C39H51N9O9/c40-27(23-42-31-3-1-2-30-36(31)39(54)48(38(30)53)33-6-7-34(50)44-37(33)52)24-47(41)15-19-57-21-20-56-18-10-35(51)46-13-11-45(12-14-46)29-5-4-26(25-49)32(22-29)43-28-8-16-55-17-9-28/h1-5,22,24-25,28,33,42-43H,6-21,23,40-41H2,(H,44,50,52)/b27-24-. The van der Waals surface area contributed by atoms with Crippen molar-refractivity contribution >= 4 is 52.9 Å². The minimum atomic E-state index is -1.06. The molecule has 4 aliphatic heterocycles. The van der Waals surface area contributed by atoms with Crippen molar-refractivity contribution in [2.75, 3.05) is 94.4 Å². The molecule has 6 rings (SSSR count). The molecule has 18 heteroatoms. The van der Waals surface area contributed by atoms with Gasteiger partial charge < -0.3 is 45.4 Å². The zero-order valence-corrected chi connectivity index (χ0v) is 31.9. The van der Waals surface area contributed by atoms with Gasteiger partial charge in [0, 0.05) is 86.4 Å². The van der Waals surface area contributed by atoms with Gasteiger partial charge in [0.05, 0.1) is 57.1 Å². The number of hydrogen-bond donors (Lipinski definition) is 5. The summed E-state index contributed by atoms with van der Waals surface area (Å²) in [5.41, 5.74) is 9.67. The highest BCUT2D eigenvalue weighted by atomic mass is 16.5. The molecule has 3 saturated heterocycles. The van der Waals surface area contributed by atoms with E-state index in [4.69, 9.17) is 25.8 Å². The first kappa shape index (κ1) is 41.1. The zero-order valence-electron chi connectivity index (χ0n) is 31.9. The fourth-order valence-electron chi connectivity index (χ4n) is 7.24. The Hall–Kier alpha value is -5.56. The molecule has 0 radical (unpaired) electrons. The molecule has 0 spiro atoms. The van der Waals surface area contributed by atoms with Crippen LogP contribution in [0, 0.1) is 0 Å². The number of piperazine rings is 1. The van der Waals surface area contributed by atoms with Gasteiger partial charge in [0.2, 0.25) is 17.7 Å². The van der Waals surface area contributed by atoms with Crippen LogP contribution in [0.2, 0.25) is 0 Å². The SMILES string of the molecule is N/C(=C\N(N)CCOCCOCCC(=O)N1CCN(c2ccc(C=O)c(NC3CCOCC3)c2)CC1)CNc1cccc2c1C(=O)N(C1CCC(=O)NC1=O)C2=O. The Morgan fingerprint density at radius 1 is 0.947 bits per heavy atom. The summed E-state index contributed by atoms with van der Waals surface area (Å²) >= 11 is 0. The van der Waals surface area contributed by atoms with Gasteiger partial charge in [0.15, 0.2) is 6.29 Å². The summed E-state index contributed by atoms with van der Waals surface area (Å²) in [7, 11) is 0. The predicted octanol–water partition coefficient (Wildman–Crippen LogP) is 0.651. The maximum absolute atomic E-state index is 13.3. The van der Waals surface area contributed by atoms with E-state index in [1.165, 1.54) is 17.3 Å². The van der Waals surface area contributed by atoms with Crippen LogP contribution in [0.3, 0.4) is 0 Å². The number of imide groups is 2. The van der Waals surface area contributed by atoms with E-state index >= 15 is 0 Å². The summed E-state index contributed by atoms with van der Waals surface area (Å²) in [5, 5.41) is 10.1. The molecule has 0 aliphatic carbocycles. The van der Waals surface area contributed by atoms with E-state index in [-0.39, 0.29) is 55.5 Å². The van der Waals surface area contributed by atoms with Crippen LogP contribution in [0.4, 0.5) is 17.1 Å². The molecule has 57 heavy (non-hydrogen) atoms. The second-order valence-electron chi connectivity index (χ2n) is 14.2. The zero-order chi connectivity index (χ0) is 40.3. The van der Waals surface area contributed by atoms with Crippen LogP contribution in [0.1, 0.15) is 63.2 Å². The molecular formula is C39H51N9O9. The first-order valence-corrected chi connectivity index (χ1v) is 19.3. The van der Waals surface area contributed by atoms with E-state index in [1.807, 2.05) is 23.1 Å². The fourth-order valence-corrected chi connectivity index (χ4v) is 7.24. The number of hydrazine groups is 1. The Bertz CT molecular complexity index is 1840. The molecule has 2 aromatic carbocycles. The van der Waals surface area contributed by atoms with Crippen molar-refractivity contribution < 1.29 is 43.0 Å². The van der Waals surface area contributed by atoms with E-state index < -0.39 is 29.7 Å². The Balaban J connectivity index is 0.836. The normalized spacial score (nSPS) is 19.1. The van der Waals surface area contributed by atoms with Crippen molar-refractivity contribution in [3.05, 3.63) is 65.0 Å². The summed E-state index contributed by atoms with van der Waals surface area (Å²) in [6.45, 7) is 5.66. The van der Waals surface area contributed by atoms with E-state index in [1.54, 1.807) is 12.1 Å². The summed E-state index contributed by atoms with van der Waals surface area (Å²) < 4.78 is 16.7. The lowest BCUT2D eigenvalue weighted by Crippen LogP contribution is -2.54. The van der Waals surface area contributed by atoms with Gasteiger partial charge in [-0.1, -0.05) is 6.07 Å². The molecule has 7 N–H and O–H groups in total. The Labute approximate surface area is 330 Å². The monoisotopic (exact) mass is 789 g/mol. The lowest BCUT2D eigenvalue weighted by Gasteiger charge is -2.36. The summed E-state index contributed by atoms with van der Waals surface area (Å²) in [4.78, 5) is 79.8. The van der Waals surface area contributed by atoms with E-state index in [2.05, 4.69) is 20.9 Å². The van der Waals surface area contributed by atoms with Crippen molar-refractivity contribution in [2.45, 2.75) is 44.2 Å². The third kappa shape index (κ3) is 10.4. The highest BCUT2D eigenvalue weighted by Crippen LogP contribution is 2.32. The highest BCUT2D eigenvalue weighted by Gasteiger charge is 2.45. The fraction of sp³-hybridized carbons (Fsp3) is 0.487. The molecule has 0 bridgehead atoms. The van der Waals surface area contributed by atoms with Gasteiger partial charge in [-0.3, -0.25) is 39.0 Å². The molecule has 0 saturated carbocycles. The molecule has 2 aromatic rings. The minimum Gasteiger partial charge on any atom is -0.399 e. The van der Waals surface area contributed by atoms with Crippen LogP contribution < -0.4 is 32.4 Å². The summed E-state index contributed by atoms with van der Waals surface area (Å²) in [6.07, 6.45) is 4.58. The summed E-state index contributed by atoms with van der Waals surface area (Å²) in [5.74, 6) is 3.78. The number of fused-ring (bicyclic) bond motifs is 1. The highest BCUT2D eigenvalue weighted by molar-refractivity contribution is 6.25. The maximum Gasteiger partial charge on any atom is 0.264 e. The number of aldehydes is 1. The number of carbonyl (C=O) groups is 6. The molecule has 3 fully saturated rings. The van der Waals surface area contributed by atoms with Crippen molar-refractivity contribution in [3.63, 3.8) is 0 Å². The van der Waals surface area contributed by atoms with Gasteiger partial charge in [-0.2, -0.15) is 0 Å². The second kappa shape index (κ2) is 19.5. The van der Waals surface area contributed by atoms with Crippen LogP contribution in [0.25, 0.3) is 0 Å². The van der Waals surface area contributed by atoms with Crippen LogP contribution in [0.15, 0.2) is 48.3 Å². The van der Waals surface area contributed by atoms with E-state index in [9.17, 15) is 28.8 Å². The van der Waals surface area contributed by atoms with Crippen molar-refractivity contribution in [2.24, 2.45) is 11.6 Å². The van der Waals surface area contributed by atoms with Crippen LogP contribution in [-0.2, 0) is 28.6 Å². The first-order chi connectivity index (χ1) is 27.6. The number of hydrogen-bond acceptors (Lipinski definition) is 15. The molecule has 4 aliphatic rings. The number of nitrogens with one attached hydrogen (secondary N) is 3. The van der Waals surface area contributed by atoms with Crippen LogP contribution >= 0.6 is 0 Å². The van der Waals surface area contributed by atoms with E-state index in [0.29, 0.717) is 82.7 Å². The minimum absolute atomic E-state index is 0.0348. The maximum atomic E-state index is 13.3. The number of benzene rings is 2. The number of ether oxygens (including phenoxy) is 3. The van der Waals surface area contributed by atoms with Gasteiger partial charge >= 0.3 is 0 Å². The smallest absolute Gasteiger partial charge is 0.264 e. The van der Waals surface area contributed by atoms with Crippen molar-refractivity contribution in [1.82, 2.24) is 20.1 Å². The largest absolute Gasteiger partial charge is 0.399 e. The number of nitrogens with two attached hydrogens (primary N) is 2. The molecule has 1 unspecified atom stereocenters. The lowest BCUT2D eigenvalue weighted by atomic mass is 10.0. The average molecular weight is 790 g/mol. The number of rotatable bonds is 18. The Morgan fingerprint density at radius 2 is 1.70 bits per heavy atom. The lowest BCUT2D eigenvalue weighted by molar-refractivity contribution is -0.136. The predicted molar refractivity (Wildman–Crippen MR) is 209 cm³/mol.